The van der Waals surface area contributed by atoms with Crippen LogP contribution in [0.3, 0.4) is 0 Å². The smallest absolute Gasteiger partial charge is 0.325 e. The Hall–Kier alpha value is -0.280. The monoisotopic (exact) mass is 207 g/mol. The Bertz CT molecular complexity index is 176. The van der Waals surface area contributed by atoms with E-state index in [4.69, 9.17) is 5.73 Å². The van der Waals surface area contributed by atoms with E-state index in [1.54, 1.807) is 0 Å². The molecule has 1 fully saturated rings. The Morgan fingerprint density at radius 2 is 1.92 bits per heavy atom. The first-order chi connectivity index (χ1) is 5.58. The third-order valence-corrected chi connectivity index (χ3v) is 2.76. The molecule has 4 heteroatoms. The zero-order valence-electron chi connectivity index (χ0n) is 8.21. The Kier molecular flexibility index (Phi) is 4.71. The quantitative estimate of drug-likeness (QED) is 0.663. The van der Waals surface area contributed by atoms with Gasteiger partial charge < -0.3 is 10.5 Å². The minimum Gasteiger partial charge on any atom is -0.468 e. The molecule has 1 saturated carbocycles. The molecule has 0 atom stereocenters. The lowest BCUT2D eigenvalue weighted by Gasteiger charge is -2.33. The minimum absolute atomic E-state index is 0. The number of hydrogen-bond acceptors (Lipinski definition) is 3. The molecule has 0 unspecified atom stereocenters. The largest absolute Gasteiger partial charge is 0.468 e. The number of halogens is 1. The van der Waals surface area contributed by atoms with E-state index in [9.17, 15) is 4.79 Å². The first-order valence-corrected chi connectivity index (χ1v) is 4.46. The summed E-state index contributed by atoms with van der Waals surface area (Å²) >= 11 is 0. The Balaban J connectivity index is 0.00000144. The van der Waals surface area contributed by atoms with Gasteiger partial charge in [0.1, 0.15) is 5.54 Å². The molecule has 1 rings (SSSR count). The average Bonchev–Trinajstić information content (AvgIpc) is 2.09. The average molecular weight is 208 g/mol. The molecule has 0 amide bonds. The molecular formula is C9H18ClNO2. The summed E-state index contributed by atoms with van der Waals surface area (Å²) in [5, 5.41) is 0. The minimum atomic E-state index is -0.693. The number of ether oxygens (including phenoxy) is 1. The molecule has 78 valence electrons. The molecule has 0 aromatic rings. The predicted molar refractivity (Wildman–Crippen MR) is 53.8 cm³/mol. The van der Waals surface area contributed by atoms with Crippen molar-refractivity contribution in [1.82, 2.24) is 0 Å². The summed E-state index contributed by atoms with van der Waals surface area (Å²) in [6, 6.07) is 0. The van der Waals surface area contributed by atoms with Crippen LogP contribution in [0, 0.1) is 5.92 Å². The van der Waals surface area contributed by atoms with Gasteiger partial charge >= 0.3 is 5.97 Å². The number of carbonyl (C=O) groups excluding carboxylic acids is 1. The number of rotatable bonds is 1. The number of esters is 1. The van der Waals surface area contributed by atoms with Gasteiger partial charge in [0.2, 0.25) is 0 Å². The van der Waals surface area contributed by atoms with E-state index in [1.165, 1.54) is 7.11 Å². The fourth-order valence-corrected chi connectivity index (χ4v) is 1.68. The van der Waals surface area contributed by atoms with Crippen molar-refractivity contribution >= 4 is 18.4 Å². The van der Waals surface area contributed by atoms with E-state index in [-0.39, 0.29) is 18.4 Å². The number of nitrogens with two attached hydrogens (primary N) is 1. The molecular weight excluding hydrogens is 190 g/mol. The van der Waals surface area contributed by atoms with E-state index in [0.717, 1.165) is 25.7 Å². The zero-order valence-corrected chi connectivity index (χ0v) is 9.02. The summed E-state index contributed by atoms with van der Waals surface area (Å²) in [6.45, 7) is 2.19. The van der Waals surface area contributed by atoms with Crippen molar-refractivity contribution in [1.29, 1.82) is 0 Å². The zero-order chi connectivity index (χ0) is 9.19. The van der Waals surface area contributed by atoms with Crippen molar-refractivity contribution in [2.75, 3.05) is 7.11 Å². The first-order valence-electron chi connectivity index (χ1n) is 4.46. The van der Waals surface area contributed by atoms with Gasteiger partial charge in [0, 0.05) is 0 Å². The van der Waals surface area contributed by atoms with E-state index < -0.39 is 5.54 Å². The second kappa shape index (κ2) is 4.82. The van der Waals surface area contributed by atoms with E-state index >= 15 is 0 Å². The van der Waals surface area contributed by atoms with Crippen LogP contribution in [0.2, 0.25) is 0 Å². The maximum absolute atomic E-state index is 11.2. The van der Waals surface area contributed by atoms with Crippen LogP contribution in [0.5, 0.6) is 0 Å². The molecule has 2 N–H and O–H groups in total. The van der Waals surface area contributed by atoms with Crippen molar-refractivity contribution in [3.63, 3.8) is 0 Å². The molecule has 13 heavy (non-hydrogen) atoms. The Labute approximate surface area is 85.4 Å². The second-order valence-electron chi connectivity index (χ2n) is 3.83. The van der Waals surface area contributed by atoms with Crippen LogP contribution >= 0.6 is 12.4 Å². The van der Waals surface area contributed by atoms with Crippen LogP contribution in [0.15, 0.2) is 0 Å². The maximum atomic E-state index is 11.2. The lowest BCUT2D eigenvalue weighted by atomic mass is 9.78. The molecule has 3 nitrogen and oxygen atoms in total. The van der Waals surface area contributed by atoms with Gasteiger partial charge in [-0.3, -0.25) is 4.79 Å². The van der Waals surface area contributed by atoms with Gasteiger partial charge in [-0.25, -0.2) is 0 Å². The molecule has 0 aromatic carbocycles. The Morgan fingerprint density at radius 1 is 1.46 bits per heavy atom. The van der Waals surface area contributed by atoms with Gasteiger partial charge in [0.05, 0.1) is 7.11 Å². The molecule has 0 aromatic heterocycles. The number of hydrogen-bond donors (Lipinski definition) is 1. The standard InChI is InChI=1S/C9H17NO2.ClH/c1-7-3-5-9(10,6-4-7)8(11)12-2;/h7H,3-6,10H2,1-2H3;1H/t7-,9+;. The molecule has 0 aliphatic heterocycles. The van der Waals surface area contributed by atoms with Gasteiger partial charge in [0.15, 0.2) is 0 Å². The highest BCUT2D eigenvalue weighted by molar-refractivity contribution is 5.85. The van der Waals surface area contributed by atoms with Crippen LogP contribution < -0.4 is 5.73 Å². The van der Waals surface area contributed by atoms with Crippen LogP contribution in [-0.2, 0) is 9.53 Å². The highest BCUT2D eigenvalue weighted by atomic mass is 35.5. The van der Waals surface area contributed by atoms with Crippen LogP contribution in [0.4, 0.5) is 0 Å². The van der Waals surface area contributed by atoms with E-state index in [0.29, 0.717) is 5.92 Å². The van der Waals surface area contributed by atoms with Gasteiger partial charge in [-0.1, -0.05) is 6.92 Å². The van der Waals surface area contributed by atoms with Crippen LogP contribution in [0.25, 0.3) is 0 Å². The van der Waals surface area contributed by atoms with Crippen molar-refractivity contribution in [3.05, 3.63) is 0 Å². The Morgan fingerprint density at radius 3 is 2.31 bits per heavy atom. The topological polar surface area (TPSA) is 52.3 Å². The molecule has 0 saturated heterocycles. The highest BCUT2D eigenvalue weighted by Gasteiger charge is 2.37. The molecule has 1 aliphatic rings. The van der Waals surface area contributed by atoms with Crippen molar-refractivity contribution in [2.24, 2.45) is 11.7 Å². The van der Waals surface area contributed by atoms with Crippen LogP contribution in [0.1, 0.15) is 32.6 Å². The molecule has 1 aliphatic carbocycles. The summed E-state index contributed by atoms with van der Waals surface area (Å²) in [7, 11) is 1.40. The summed E-state index contributed by atoms with van der Waals surface area (Å²) in [5.74, 6) is 0.445. The maximum Gasteiger partial charge on any atom is 0.325 e. The molecule has 0 radical (unpaired) electrons. The summed E-state index contributed by atoms with van der Waals surface area (Å²) < 4.78 is 4.66. The predicted octanol–water partition coefficient (Wildman–Crippen LogP) is 1.49. The van der Waals surface area contributed by atoms with E-state index in [1.807, 2.05) is 0 Å². The van der Waals surface area contributed by atoms with Gasteiger partial charge in [-0.15, -0.1) is 12.4 Å². The molecule has 0 heterocycles. The van der Waals surface area contributed by atoms with Crippen molar-refractivity contribution in [2.45, 2.75) is 38.1 Å². The first kappa shape index (κ1) is 12.7. The number of carbonyl (C=O) groups is 1. The normalized spacial score (nSPS) is 33.3. The SMILES string of the molecule is COC(=O)[C@]1(N)CC[C@@H](C)CC1.Cl. The summed E-state index contributed by atoms with van der Waals surface area (Å²) in [4.78, 5) is 11.2. The van der Waals surface area contributed by atoms with Crippen LogP contribution in [-0.4, -0.2) is 18.6 Å². The summed E-state index contributed by atoms with van der Waals surface area (Å²) in [6.07, 6.45) is 3.60. The molecule has 0 bridgehead atoms. The van der Waals surface area contributed by atoms with E-state index in [2.05, 4.69) is 11.7 Å². The van der Waals surface area contributed by atoms with Crippen molar-refractivity contribution < 1.29 is 9.53 Å². The second-order valence-corrected chi connectivity index (χ2v) is 3.83. The van der Waals surface area contributed by atoms with Gasteiger partial charge in [0.25, 0.3) is 0 Å². The third kappa shape index (κ3) is 2.85. The third-order valence-electron chi connectivity index (χ3n) is 2.76. The fourth-order valence-electron chi connectivity index (χ4n) is 1.68. The van der Waals surface area contributed by atoms with Crippen molar-refractivity contribution in [3.8, 4) is 0 Å². The fraction of sp³-hybridized carbons (Fsp3) is 0.889. The van der Waals surface area contributed by atoms with Gasteiger partial charge in [-0.05, 0) is 31.6 Å². The molecule has 0 spiro atoms. The lowest BCUT2D eigenvalue weighted by molar-refractivity contribution is -0.148. The summed E-state index contributed by atoms with van der Waals surface area (Å²) in [5.41, 5.74) is 5.21. The highest BCUT2D eigenvalue weighted by Crippen LogP contribution is 2.30. The number of methoxy groups -OCH3 is 1. The lowest BCUT2D eigenvalue weighted by Crippen LogP contribution is -2.50. The van der Waals surface area contributed by atoms with Gasteiger partial charge in [-0.2, -0.15) is 0 Å².